The van der Waals surface area contributed by atoms with E-state index in [9.17, 15) is 58.2 Å². The van der Waals surface area contributed by atoms with Gasteiger partial charge in [0, 0.05) is 47.6 Å². The molecular weight excluding hydrogens is 931 g/mol. The van der Waals surface area contributed by atoms with Gasteiger partial charge in [-0.1, -0.05) is 54.6 Å². The minimum Gasteiger partial charge on any atom is -0.395 e. The Morgan fingerprint density at radius 1 is 0.833 bits per heavy atom. The number of aliphatic hydroxyl groups is 2. The lowest BCUT2D eigenvalue weighted by molar-refractivity contribution is -0.137. The molecule has 20 heteroatoms. The number of nitrogens with one attached hydrogen (secondary N) is 2. The lowest BCUT2D eigenvalue weighted by Crippen LogP contribution is -2.36. The molecule has 1 heterocycles. The highest BCUT2D eigenvalue weighted by Gasteiger charge is 2.48. The van der Waals surface area contributed by atoms with Crippen LogP contribution in [0.25, 0.3) is 11.1 Å². The van der Waals surface area contributed by atoms with Crippen LogP contribution in [0.1, 0.15) is 46.9 Å². The second kappa shape index (κ2) is 21.2. The van der Waals surface area contributed by atoms with E-state index >= 15 is 0 Å². The third-order valence-corrected chi connectivity index (χ3v) is 15.3. The maximum Gasteiger partial charge on any atom is 0.501 e. The Bertz CT molecular complexity index is 2650. The Morgan fingerprint density at radius 3 is 2.09 bits per heavy atom. The summed E-state index contributed by atoms with van der Waals surface area (Å²) in [6, 6.07) is 28.3. The first-order chi connectivity index (χ1) is 31.2. The average Bonchev–Trinajstić information content (AvgIpc) is 3.29. The van der Waals surface area contributed by atoms with Crippen molar-refractivity contribution in [1.29, 1.82) is 0 Å². The molecule has 0 saturated carbocycles. The molecule has 1 saturated heterocycles. The number of aliphatic hydroxyl groups excluding tert-OH is 2. The molecule has 1 aliphatic heterocycles. The van der Waals surface area contributed by atoms with E-state index in [1.807, 2.05) is 40.0 Å². The SMILES string of the molecule is CN(CCO)CCC(CSc1ccccc1)Nc1ccc(S(=O)(=O)NC(=O)c2ccc(N3CCC(C(O)c4ccccc4-c4ccc(C(F)(F)F)cc4)CC3)cc2)cc1S(=O)(=O)C(F)(F)F. The number of hydrogen-bond donors (Lipinski definition) is 4. The summed E-state index contributed by atoms with van der Waals surface area (Å²) in [5.74, 6) is -1.03. The topological polar surface area (TPSA) is 156 Å². The van der Waals surface area contributed by atoms with Crippen molar-refractivity contribution in [3.8, 4) is 11.1 Å². The first-order valence-corrected chi connectivity index (χ1v) is 24.7. The Balaban J connectivity index is 1.13. The first kappa shape index (κ1) is 50.3. The average molecular weight is 979 g/mol. The van der Waals surface area contributed by atoms with Gasteiger partial charge in [0.05, 0.1) is 28.9 Å². The molecule has 11 nitrogen and oxygen atoms in total. The monoisotopic (exact) mass is 978 g/mol. The van der Waals surface area contributed by atoms with Gasteiger partial charge in [-0.05, 0) is 122 Å². The summed E-state index contributed by atoms with van der Waals surface area (Å²) < 4.78 is 137. The van der Waals surface area contributed by atoms with Gasteiger partial charge in [0.25, 0.3) is 25.8 Å². The van der Waals surface area contributed by atoms with Crippen molar-refractivity contribution in [1.82, 2.24) is 9.62 Å². The summed E-state index contributed by atoms with van der Waals surface area (Å²) in [5, 5.41) is 23.7. The molecule has 0 radical (unpaired) electrons. The number of halogens is 6. The number of anilines is 2. The predicted molar refractivity (Wildman–Crippen MR) is 241 cm³/mol. The number of nitrogens with zero attached hydrogens (tertiary/aromatic N) is 2. The summed E-state index contributed by atoms with van der Waals surface area (Å²) in [6.07, 6.45) is -4.00. The van der Waals surface area contributed by atoms with E-state index in [4.69, 9.17) is 0 Å². The number of alkyl halides is 6. The van der Waals surface area contributed by atoms with Gasteiger partial charge in [-0.2, -0.15) is 26.3 Å². The maximum absolute atomic E-state index is 14.1. The van der Waals surface area contributed by atoms with Gasteiger partial charge in [-0.15, -0.1) is 11.8 Å². The molecule has 5 aromatic rings. The van der Waals surface area contributed by atoms with Crippen LogP contribution in [0.2, 0.25) is 0 Å². The van der Waals surface area contributed by atoms with Crippen molar-refractivity contribution in [2.45, 2.75) is 57.8 Å². The molecule has 0 aliphatic carbocycles. The zero-order valence-corrected chi connectivity index (χ0v) is 37.9. The number of carbonyl (C=O) groups excluding carboxylic acids is 1. The van der Waals surface area contributed by atoms with Crippen LogP contribution >= 0.6 is 11.8 Å². The third-order valence-electron chi connectivity index (χ3n) is 11.3. The van der Waals surface area contributed by atoms with Gasteiger partial charge in [0.1, 0.15) is 4.90 Å². The van der Waals surface area contributed by atoms with Crippen molar-refractivity contribution < 1.29 is 58.2 Å². The molecule has 0 spiro atoms. The number of sulfonamides is 1. The van der Waals surface area contributed by atoms with Crippen molar-refractivity contribution in [3.05, 3.63) is 138 Å². The Morgan fingerprint density at radius 2 is 1.47 bits per heavy atom. The van der Waals surface area contributed by atoms with E-state index < -0.39 is 70.6 Å². The Hall–Kier alpha value is -5.12. The molecule has 2 atom stereocenters. The number of thioether (sulfide) groups is 1. The predicted octanol–water partition coefficient (Wildman–Crippen LogP) is 8.62. The minimum absolute atomic E-state index is 0.112. The molecular formula is C46H48F6N4O7S3. The number of amides is 1. The highest BCUT2D eigenvalue weighted by Crippen LogP contribution is 2.39. The highest BCUT2D eigenvalue weighted by atomic mass is 32.2. The fourth-order valence-corrected chi connectivity index (χ4v) is 10.6. The molecule has 4 N–H and O–H groups in total. The van der Waals surface area contributed by atoms with E-state index in [0.29, 0.717) is 73.9 Å². The van der Waals surface area contributed by atoms with Gasteiger partial charge in [-0.25, -0.2) is 21.6 Å². The van der Waals surface area contributed by atoms with Crippen LogP contribution in [0.15, 0.2) is 136 Å². The molecule has 6 rings (SSSR count). The standard InChI is InChI=1S/C46H48F6N4O7S3/c1-55(27-28-57)24-23-35(30-64-37-7-3-2-4-8-37)53-41-20-19-38(29-42(41)65(60,61)46(50,51)52)66(62,63)54-44(59)33-13-17-36(18-14-33)56-25-21-32(22-26-56)43(58)40-10-6-5-9-39(40)31-11-15-34(16-12-31)45(47,48)49/h2-20,29,32,35,43,53,57-58H,21-28,30H2,1H3,(H,54,59). The zero-order valence-electron chi connectivity index (χ0n) is 35.5. The number of sulfone groups is 1. The molecule has 1 fully saturated rings. The van der Waals surface area contributed by atoms with Crippen LogP contribution in [0.3, 0.4) is 0 Å². The molecule has 5 aromatic carbocycles. The zero-order chi connectivity index (χ0) is 47.9. The Kier molecular flexibility index (Phi) is 16.2. The van der Waals surface area contributed by atoms with Crippen LogP contribution in [0.4, 0.5) is 37.7 Å². The van der Waals surface area contributed by atoms with E-state index in [-0.39, 0.29) is 23.8 Å². The van der Waals surface area contributed by atoms with Crippen molar-refractivity contribution in [2.24, 2.45) is 5.92 Å². The van der Waals surface area contributed by atoms with Crippen LogP contribution in [0, 0.1) is 5.92 Å². The number of carbonyl (C=O) groups is 1. The first-order valence-electron chi connectivity index (χ1n) is 20.7. The summed E-state index contributed by atoms with van der Waals surface area (Å²) in [6.45, 7) is 1.55. The molecule has 354 valence electrons. The number of benzene rings is 5. The fourth-order valence-electron chi connectivity index (χ4n) is 7.57. The number of likely N-dealkylation sites (N-methyl/N-ethyl adjacent to an activating group) is 1. The lowest BCUT2D eigenvalue weighted by Gasteiger charge is -2.36. The van der Waals surface area contributed by atoms with E-state index in [0.717, 1.165) is 29.2 Å². The molecule has 1 amide bonds. The van der Waals surface area contributed by atoms with E-state index in [1.165, 1.54) is 36.0 Å². The largest absolute Gasteiger partial charge is 0.501 e. The minimum atomic E-state index is -6.12. The summed E-state index contributed by atoms with van der Waals surface area (Å²) in [5.41, 5.74) is -4.76. The third kappa shape index (κ3) is 12.4. The molecule has 0 aromatic heterocycles. The molecule has 66 heavy (non-hydrogen) atoms. The van der Waals surface area contributed by atoms with Crippen molar-refractivity contribution in [3.63, 3.8) is 0 Å². The second-order valence-corrected chi connectivity index (χ2v) is 20.5. The number of rotatable bonds is 18. The summed E-state index contributed by atoms with van der Waals surface area (Å²) in [4.78, 5) is 15.7. The highest BCUT2D eigenvalue weighted by molar-refractivity contribution is 7.99. The van der Waals surface area contributed by atoms with Crippen molar-refractivity contribution >= 4 is 48.9 Å². The molecule has 2 unspecified atom stereocenters. The van der Waals surface area contributed by atoms with Gasteiger partial charge < -0.3 is 25.3 Å². The van der Waals surface area contributed by atoms with Gasteiger partial charge in [0.2, 0.25) is 0 Å². The summed E-state index contributed by atoms with van der Waals surface area (Å²) >= 11 is 1.37. The second-order valence-electron chi connectivity index (χ2n) is 15.8. The van der Waals surface area contributed by atoms with E-state index in [2.05, 4.69) is 5.32 Å². The normalized spacial score (nSPS) is 15.1. The smallest absolute Gasteiger partial charge is 0.395 e. The number of piperidine rings is 1. The van der Waals surface area contributed by atoms with Gasteiger partial charge in [-0.3, -0.25) is 4.79 Å². The molecule has 1 aliphatic rings. The Labute approximate surface area is 383 Å². The van der Waals surface area contributed by atoms with Crippen molar-refractivity contribution in [2.75, 3.05) is 55.8 Å². The van der Waals surface area contributed by atoms with Crippen LogP contribution < -0.4 is 14.9 Å². The van der Waals surface area contributed by atoms with Crippen LogP contribution in [-0.4, -0.2) is 95.0 Å². The molecule has 0 bridgehead atoms. The summed E-state index contributed by atoms with van der Waals surface area (Å²) in [7, 11) is -9.31. The number of hydrogen-bond acceptors (Lipinski definition) is 11. The fraction of sp³-hybridized carbons (Fsp3) is 0.326. The van der Waals surface area contributed by atoms with Crippen LogP contribution in [-0.2, 0) is 26.0 Å². The lowest BCUT2D eigenvalue weighted by atomic mass is 9.84. The van der Waals surface area contributed by atoms with Crippen LogP contribution in [0.5, 0.6) is 0 Å². The maximum atomic E-state index is 14.1. The van der Waals surface area contributed by atoms with Gasteiger partial charge in [0.15, 0.2) is 0 Å². The van der Waals surface area contributed by atoms with E-state index in [1.54, 1.807) is 48.3 Å². The van der Waals surface area contributed by atoms with Gasteiger partial charge >= 0.3 is 11.7 Å². The quantitative estimate of drug-likeness (QED) is 0.0493.